The molecule has 0 amide bonds. The highest BCUT2D eigenvalue weighted by Crippen LogP contribution is 2.29. The van der Waals surface area contributed by atoms with Crippen LogP contribution in [-0.2, 0) is 9.47 Å². The summed E-state index contributed by atoms with van der Waals surface area (Å²) in [7, 11) is 1.84. The third kappa shape index (κ3) is 4.11. The third-order valence-electron chi connectivity index (χ3n) is 2.54. The van der Waals surface area contributed by atoms with Crippen LogP contribution in [0.3, 0.4) is 0 Å². The van der Waals surface area contributed by atoms with Crippen molar-refractivity contribution < 1.29 is 9.47 Å². The smallest absolute Gasteiger partial charge is 0.176 e. The fraction of sp³-hybridized carbons (Fsp3) is 0.538. The molecule has 3 nitrogen and oxygen atoms in total. The number of benzene rings is 1. The first-order valence-corrected chi connectivity index (χ1v) is 6.75. The lowest BCUT2D eigenvalue weighted by Crippen LogP contribution is -2.34. The van der Waals surface area contributed by atoms with Crippen LogP contribution in [0.1, 0.15) is 25.5 Å². The van der Waals surface area contributed by atoms with Gasteiger partial charge in [-0.3, -0.25) is 0 Å². The summed E-state index contributed by atoms with van der Waals surface area (Å²) in [6, 6.07) is 5.21. The lowest BCUT2D eigenvalue weighted by molar-refractivity contribution is -0.154. The van der Waals surface area contributed by atoms with E-state index in [1.807, 2.05) is 27.0 Å². The van der Waals surface area contributed by atoms with Gasteiger partial charge in [-0.25, -0.2) is 0 Å². The van der Waals surface area contributed by atoms with Crippen LogP contribution in [0.15, 0.2) is 18.2 Å². The number of rotatable bonds is 7. The largest absolute Gasteiger partial charge is 0.351 e. The summed E-state index contributed by atoms with van der Waals surface area (Å²) in [5, 5.41) is 4.45. The summed E-state index contributed by atoms with van der Waals surface area (Å²) in [4.78, 5) is 0. The molecule has 1 N–H and O–H groups in total. The minimum absolute atomic E-state index is 0.156. The predicted molar refractivity (Wildman–Crippen MR) is 75.3 cm³/mol. The highest BCUT2D eigenvalue weighted by atomic mass is 35.5. The minimum atomic E-state index is -0.388. The maximum Gasteiger partial charge on any atom is 0.176 e. The normalized spacial score (nSPS) is 13.0. The van der Waals surface area contributed by atoms with Crippen LogP contribution in [0, 0.1) is 0 Å². The van der Waals surface area contributed by atoms with E-state index in [9.17, 15) is 0 Å². The molecule has 1 aromatic carbocycles. The zero-order valence-electron chi connectivity index (χ0n) is 10.9. The van der Waals surface area contributed by atoms with Crippen molar-refractivity contribution >= 4 is 23.2 Å². The number of halogens is 2. The van der Waals surface area contributed by atoms with Gasteiger partial charge in [0.2, 0.25) is 0 Å². The molecule has 0 aliphatic rings. The van der Waals surface area contributed by atoms with Crippen LogP contribution in [-0.4, -0.2) is 26.6 Å². The minimum Gasteiger partial charge on any atom is -0.351 e. The Morgan fingerprint density at radius 1 is 1.17 bits per heavy atom. The van der Waals surface area contributed by atoms with Crippen LogP contribution >= 0.6 is 23.2 Å². The number of hydrogen-bond acceptors (Lipinski definition) is 3. The van der Waals surface area contributed by atoms with Gasteiger partial charge in [-0.15, -0.1) is 0 Å². The van der Waals surface area contributed by atoms with Crippen LogP contribution in [0.4, 0.5) is 0 Å². The third-order valence-corrected chi connectivity index (χ3v) is 3.12. The summed E-state index contributed by atoms with van der Waals surface area (Å²) in [5.41, 5.74) is 0.874. The molecule has 0 saturated carbocycles. The molecule has 0 radical (unpaired) electrons. The molecule has 1 rings (SSSR count). The quantitative estimate of drug-likeness (QED) is 0.778. The molecule has 102 valence electrons. The summed E-state index contributed by atoms with van der Waals surface area (Å²) in [5.74, 6) is 0. The predicted octanol–water partition coefficient (Wildman–Crippen LogP) is 3.65. The fourth-order valence-corrected chi connectivity index (χ4v) is 2.18. The van der Waals surface area contributed by atoms with Gasteiger partial charge in [0, 0.05) is 23.3 Å². The summed E-state index contributed by atoms with van der Waals surface area (Å²) in [6.07, 6.45) is -0.388. The Morgan fingerprint density at radius 2 is 1.78 bits per heavy atom. The lowest BCUT2D eigenvalue weighted by Gasteiger charge is -2.27. The molecule has 1 unspecified atom stereocenters. The van der Waals surface area contributed by atoms with Gasteiger partial charge in [0.1, 0.15) is 0 Å². The zero-order chi connectivity index (χ0) is 13.5. The first-order valence-electron chi connectivity index (χ1n) is 5.99. The van der Waals surface area contributed by atoms with Gasteiger partial charge >= 0.3 is 0 Å². The molecule has 0 aliphatic heterocycles. The van der Waals surface area contributed by atoms with E-state index in [0.29, 0.717) is 23.3 Å². The van der Waals surface area contributed by atoms with Gasteiger partial charge in [-0.05, 0) is 44.7 Å². The molecule has 1 atom stereocenters. The van der Waals surface area contributed by atoms with E-state index in [4.69, 9.17) is 32.7 Å². The van der Waals surface area contributed by atoms with Gasteiger partial charge in [0.25, 0.3) is 0 Å². The van der Waals surface area contributed by atoms with Crippen molar-refractivity contribution in [3.63, 3.8) is 0 Å². The molecule has 5 heteroatoms. The second-order valence-electron chi connectivity index (χ2n) is 3.71. The molecule has 0 bridgehead atoms. The van der Waals surface area contributed by atoms with Crippen molar-refractivity contribution in [2.45, 2.75) is 26.2 Å². The Bertz CT molecular complexity index is 368. The van der Waals surface area contributed by atoms with Crippen LogP contribution < -0.4 is 5.32 Å². The summed E-state index contributed by atoms with van der Waals surface area (Å²) in [6.45, 7) is 5.00. The van der Waals surface area contributed by atoms with Crippen molar-refractivity contribution in [1.82, 2.24) is 5.32 Å². The Kier molecular flexibility index (Phi) is 6.97. The maximum atomic E-state index is 6.20. The van der Waals surface area contributed by atoms with E-state index in [2.05, 4.69) is 5.32 Å². The number of likely N-dealkylation sites (N-methyl/N-ethyl adjacent to an activating group) is 1. The van der Waals surface area contributed by atoms with E-state index in [1.165, 1.54) is 0 Å². The Balaban J connectivity index is 3.01. The first-order chi connectivity index (χ1) is 8.63. The van der Waals surface area contributed by atoms with Crippen molar-refractivity contribution in [1.29, 1.82) is 0 Å². The fourth-order valence-electron chi connectivity index (χ4n) is 1.76. The molecule has 0 aliphatic carbocycles. The average Bonchev–Trinajstić information content (AvgIpc) is 2.35. The molecular formula is C13H19Cl2NO2. The Labute approximate surface area is 118 Å². The second-order valence-corrected chi connectivity index (χ2v) is 4.55. The molecular weight excluding hydrogens is 273 g/mol. The van der Waals surface area contributed by atoms with Gasteiger partial charge in [-0.2, -0.15) is 0 Å². The summed E-state index contributed by atoms with van der Waals surface area (Å²) >= 11 is 12.2. The molecule has 18 heavy (non-hydrogen) atoms. The van der Waals surface area contributed by atoms with Crippen LogP contribution in [0.2, 0.25) is 10.0 Å². The molecule has 0 aromatic heterocycles. The highest BCUT2D eigenvalue weighted by Gasteiger charge is 2.24. The molecule has 0 saturated heterocycles. The monoisotopic (exact) mass is 291 g/mol. The molecule has 0 fully saturated rings. The second kappa shape index (κ2) is 7.97. The molecule has 0 spiro atoms. The SMILES string of the molecule is CCOC(OCC)C(NC)c1cc(Cl)ccc1Cl. The molecule has 0 heterocycles. The molecule has 1 aromatic rings. The lowest BCUT2D eigenvalue weighted by atomic mass is 10.1. The van der Waals surface area contributed by atoms with Crippen LogP contribution in [0.5, 0.6) is 0 Å². The van der Waals surface area contributed by atoms with E-state index in [1.54, 1.807) is 12.1 Å². The van der Waals surface area contributed by atoms with E-state index in [0.717, 1.165) is 5.56 Å². The van der Waals surface area contributed by atoms with Gasteiger partial charge in [0.15, 0.2) is 6.29 Å². The van der Waals surface area contributed by atoms with Crippen molar-refractivity contribution in [2.24, 2.45) is 0 Å². The number of nitrogens with one attached hydrogen (secondary N) is 1. The maximum absolute atomic E-state index is 6.20. The Morgan fingerprint density at radius 3 is 2.28 bits per heavy atom. The van der Waals surface area contributed by atoms with Crippen molar-refractivity contribution in [3.8, 4) is 0 Å². The van der Waals surface area contributed by atoms with E-state index >= 15 is 0 Å². The topological polar surface area (TPSA) is 30.5 Å². The highest BCUT2D eigenvalue weighted by molar-refractivity contribution is 6.33. The van der Waals surface area contributed by atoms with Gasteiger partial charge in [0.05, 0.1) is 6.04 Å². The number of ether oxygens (including phenoxy) is 2. The van der Waals surface area contributed by atoms with Crippen molar-refractivity contribution in [2.75, 3.05) is 20.3 Å². The standard InChI is InChI=1S/C13H19Cl2NO2/c1-4-17-13(18-5-2)12(16-3)10-8-9(14)6-7-11(10)15/h6-8,12-13,16H,4-5H2,1-3H3. The van der Waals surface area contributed by atoms with Gasteiger partial charge in [-0.1, -0.05) is 23.2 Å². The van der Waals surface area contributed by atoms with Crippen LogP contribution in [0.25, 0.3) is 0 Å². The summed E-state index contributed by atoms with van der Waals surface area (Å²) < 4.78 is 11.2. The first kappa shape index (κ1) is 15.7. The van der Waals surface area contributed by atoms with E-state index < -0.39 is 0 Å². The average molecular weight is 292 g/mol. The van der Waals surface area contributed by atoms with E-state index in [-0.39, 0.29) is 12.3 Å². The van der Waals surface area contributed by atoms with Crippen molar-refractivity contribution in [3.05, 3.63) is 33.8 Å². The Hall–Kier alpha value is -0.320. The van der Waals surface area contributed by atoms with Gasteiger partial charge < -0.3 is 14.8 Å². The zero-order valence-corrected chi connectivity index (χ0v) is 12.4. The number of hydrogen-bond donors (Lipinski definition) is 1.